The van der Waals surface area contributed by atoms with Gasteiger partial charge < -0.3 is 26.2 Å². The van der Waals surface area contributed by atoms with E-state index in [9.17, 15) is 18.4 Å². The van der Waals surface area contributed by atoms with Crippen LogP contribution in [0.3, 0.4) is 0 Å². The van der Waals surface area contributed by atoms with Gasteiger partial charge in [-0.05, 0) is 47.2 Å². The van der Waals surface area contributed by atoms with E-state index in [4.69, 9.17) is 33.4 Å². The highest BCUT2D eigenvalue weighted by Crippen LogP contribution is 2.50. The molecule has 1 saturated heterocycles. The third-order valence-corrected chi connectivity index (χ3v) is 6.38. The number of hydrogen-bond donors (Lipinski definition) is 5. The van der Waals surface area contributed by atoms with Crippen LogP contribution in [0.25, 0.3) is 0 Å². The van der Waals surface area contributed by atoms with Crippen molar-refractivity contribution in [1.29, 1.82) is 0 Å². The molecule has 0 saturated carbocycles. The summed E-state index contributed by atoms with van der Waals surface area (Å²) in [6, 6.07) is 7.14. The van der Waals surface area contributed by atoms with Gasteiger partial charge in [0.05, 0.1) is 28.2 Å². The van der Waals surface area contributed by atoms with E-state index in [1.165, 1.54) is 24.3 Å². The second-order valence-electron chi connectivity index (χ2n) is 10.8. The lowest BCUT2D eigenvalue weighted by Crippen LogP contribution is -2.41. The van der Waals surface area contributed by atoms with E-state index >= 15 is 0 Å². The summed E-state index contributed by atoms with van der Waals surface area (Å²) in [5, 5.41) is 25.2. The molecule has 5 N–H and O–H groups in total. The van der Waals surface area contributed by atoms with Crippen LogP contribution in [-0.4, -0.2) is 54.9 Å². The van der Waals surface area contributed by atoms with E-state index in [0.29, 0.717) is 49.1 Å². The predicted octanol–water partition coefficient (Wildman–Crippen LogP) is 4.38. The molecule has 3 unspecified atom stereocenters. The monoisotopic (exact) mass is 573 g/mol. The van der Waals surface area contributed by atoms with Gasteiger partial charge in [-0.25, -0.2) is 8.78 Å². The van der Waals surface area contributed by atoms with Gasteiger partial charge in [0, 0.05) is 31.2 Å². The van der Waals surface area contributed by atoms with Crippen molar-refractivity contribution >= 4 is 41.2 Å². The summed E-state index contributed by atoms with van der Waals surface area (Å²) >= 11 is 11.7. The van der Waals surface area contributed by atoms with E-state index < -0.39 is 23.2 Å². The molecule has 0 aromatic heterocycles. The van der Waals surface area contributed by atoms with E-state index in [-0.39, 0.29) is 28.5 Å². The Bertz CT molecular complexity index is 1120. The molecule has 0 bridgehead atoms. The number of anilines is 1. The lowest BCUT2D eigenvalue weighted by atomic mass is 9.70. The summed E-state index contributed by atoms with van der Waals surface area (Å²) in [6.07, 6.45) is 0.247. The average molecular weight is 574 g/mol. The van der Waals surface area contributed by atoms with E-state index in [1.807, 2.05) is 0 Å². The minimum absolute atomic E-state index is 0.00420. The molecule has 2 amide bonds. The number of fused-ring (bicyclic) bond motifs is 2. The number of rotatable bonds is 6. The summed E-state index contributed by atoms with van der Waals surface area (Å²) in [7, 11) is 0. The fraction of sp³-hybridized carbons (Fsp3) is 0.481. The van der Waals surface area contributed by atoms with Gasteiger partial charge in [0.1, 0.15) is 11.6 Å². The molecule has 1 spiro atoms. The Balaban J connectivity index is 0.000000302. The maximum absolute atomic E-state index is 14.0. The van der Waals surface area contributed by atoms with E-state index in [0.717, 1.165) is 5.56 Å². The van der Waals surface area contributed by atoms with Gasteiger partial charge in [0.15, 0.2) is 0 Å². The smallest absolute Gasteiger partial charge is 0.237 e. The van der Waals surface area contributed by atoms with Crippen LogP contribution in [0.1, 0.15) is 51.2 Å². The number of nitrogens with one attached hydrogen (secondary N) is 3. The maximum atomic E-state index is 14.0. The van der Waals surface area contributed by atoms with Crippen LogP contribution >= 0.6 is 23.2 Å². The summed E-state index contributed by atoms with van der Waals surface area (Å²) in [5.74, 6) is -1.62. The van der Waals surface area contributed by atoms with Crippen LogP contribution < -0.4 is 16.0 Å². The fourth-order valence-electron chi connectivity index (χ4n) is 4.14. The molecule has 38 heavy (non-hydrogen) atoms. The molecular formula is C27H35Cl2F2N3O4. The van der Waals surface area contributed by atoms with Crippen molar-refractivity contribution in [2.75, 3.05) is 31.6 Å². The number of aliphatic hydroxyl groups is 2. The van der Waals surface area contributed by atoms with Gasteiger partial charge >= 0.3 is 0 Å². The Morgan fingerprint density at radius 3 is 2.37 bits per heavy atom. The Labute approximate surface area is 231 Å². The number of halogens is 4. The standard InChI is InChI=1S/C17H12Cl2F2N2O.C5H11NO3.C5H12/c18-11-3-8(1-2-13(11)20)10-6-22-7-17(10)9-4-14(21)12(19)5-15(9)23-16(17)24;7-3-5(9)1-2-6-4-8;1-5(2,3)4/h1-5,10,22H,6-7H2,(H,23,24);4-5,7,9H,1-3H2,(H,6,8);1-4H3. The van der Waals surface area contributed by atoms with Gasteiger partial charge in [0.2, 0.25) is 12.3 Å². The molecule has 2 heterocycles. The molecule has 2 aromatic rings. The normalized spacial score (nSPS) is 20.5. The van der Waals surface area contributed by atoms with Gasteiger partial charge in [0.25, 0.3) is 0 Å². The fourth-order valence-corrected chi connectivity index (χ4v) is 4.49. The Hall–Kier alpha value is -2.30. The van der Waals surface area contributed by atoms with E-state index in [1.54, 1.807) is 6.07 Å². The molecule has 7 nitrogen and oxygen atoms in total. The quantitative estimate of drug-likeness (QED) is 0.260. The van der Waals surface area contributed by atoms with Crippen LogP contribution in [0, 0.1) is 17.0 Å². The first-order valence-corrected chi connectivity index (χ1v) is 12.9. The predicted molar refractivity (Wildman–Crippen MR) is 146 cm³/mol. The molecule has 210 valence electrons. The third kappa shape index (κ3) is 8.10. The molecule has 4 rings (SSSR count). The molecule has 2 aromatic carbocycles. The van der Waals surface area contributed by atoms with Crippen LogP contribution in [0.2, 0.25) is 10.0 Å². The van der Waals surface area contributed by atoms with Gasteiger partial charge in [-0.2, -0.15) is 0 Å². The number of amides is 2. The molecule has 1 fully saturated rings. The van der Waals surface area contributed by atoms with Gasteiger partial charge in [-0.3, -0.25) is 9.59 Å². The molecule has 11 heteroatoms. The summed E-state index contributed by atoms with van der Waals surface area (Å²) in [4.78, 5) is 22.4. The number of carbonyl (C=O) groups excluding carboxylic acids is 2. The molecular weight excluding hydrogens is 539 g/mol. The van der Waals surface area contributed by atoms with Crippen LogP contribution in [-0.2, 0) is 15.0 Å². The molecule has 2 aliphatic heterocycles. The minimum Gasteiger partial charge on any atom is -0.394 e. The average Bonchev–Trinajstić information content (AvgIpc) is 3.38. The lowest BCUT2D eigenvalue weighted by Gasteiger charge is -2.29. The van der Waals surface area contributed by atoms with Crippen molar-refractivity contribution in [1.82, 2.24) is 10.6 Å². The van der Waals surface area contributed by atoms with Crippen molar-refractivity contribution in [2.24, 2.45) is 5.41 Å². The zero-order valence-corrected chi connectivity index (χ0v) is 23.4. The second kappa shape index (κ2) is 13.7. The molecule has 3 atom stereocenters. The van der Waals surface area contributed by atoms with Gasteiger partial charge in [-0.1, -0.05) is 57.0 Å². The maximum Gasteiger partial charge on any atom is 0.237 e. The van der Waals surface area contributed by atoms with Gasteiger partial charge in [-0.15, -0.1) is 0 Å². The zero-order valence-electron chi connectivity index (χ0n) is 21.9. The largest absolute Gasteiger partial charge is 0.394 e. The number of carbonyl (C=O) groups is 2. The molecule has 0 aliphatic carbocycles. The first kappa shape index (κ1) is 31.9. The highest BCUT2D eigenvalue weighted by atomic mass is 35.5. The van der Waals surface area contributed by atoms with Crippen LogP contribution in [0.4, 0.5) is 14.5 Å². The number of hydrogen-bond acceptors (Lipinski definition) is 5. The number of benzene rings is 2. The first-order chi connectivity index (χ1) is 17.7. The topological polar surface area (TPSA) is 111 Å². The minimum atomic E-state index is -0.970. The third-order valence-electron chi connectivity index (χ3n) is 5.80. The summed E-state index contributed by atoms with van der Waals surface area (Å²) in [5.41, 5.74) is 1.32. The summed E-state index contributed by atoms with van der Waals surface area (Å²) < 4.78 is 27.5. The Kier molecular flexibility index (Phi) is 11.5. The number of aliphatic hydroxyl groups excluding tert-OH is 2. The lowest BCUT2D eigenvalue weighted by molar-refractivity contribution is -0.120. The SMILES string of the molecule is CC(C)(C)C.O=C1Nc2cc(Cl)c(F)cc2C12CNCC2c1ccc(F)c(Cl)c1.O=CNCCC(O)CO. The molecule has 0 radical (unpaired) electrons. The van der Waals surface area contributed by atoms with Crippen molar-refractivity contribution in [2.45, 2.75) is 51.6 Å². The Morgan fingerprint density at radius 1 is 1.16 bits per heavy atom. The van der Waals surface area contributed by atoms with Crippen LogP contribution in [0.5, 0.6) is 0 Å². The summed E-state index contributed by atoms with van der Waals surface area (Å²) in [6.45, 7) is 9.76. The van der Waals surface area contributed by atoms with E-state index in [2.05, 4.69) is 43.6 Å². The highest BCUT2D eigenvalue weighted by molar-refractivity contribution is 6.31. The highest BCUT2D eigenvalue weighted by Gasteiger charge is 2.55. The molecule has 2 aliphatic rings. The first-order valence-electron chi connectivity index (χ1n) is 12.2. The van der Waals surface area contributed by atoms with Crippen LogP contribution in [0.15, 0.2) is 30.3 Å². The van der Waals surface area contributed by atoms with Crippen molar-refractivity contribution in [3.63, 3.8) is 0 Å². The van der Waals surface area contributed by atoms with Crippen molar-refractivity contribution in [3.8, 4) is 0 Å². The Morgan fingerprint density at radius 2 is 1.79 bits per heavy atom. The second-order valence-corrected chi connectivity index (χ2v) is 11.6. The van der Waals surface area contributed by atoms with Crippen molar-refractivity contribution in [3.05, 3.63) is 63.1 Å². The van der Waals surface area contributed by atoms with Crippen molar-refractivity contribution < 1.29 is 28.6 Å². The zero-order chi connectivity index (χ0) is 28.7.